The molecule has 0 saturated heterocycles. The number of carbonyl (C=O) groups excluding carboxylic acids is 2. The van der Waals surface area contributed by atoms with Crippen LogP contribution in [-0.2, 0) is 15.7 Å². The van der Waals surface area contributed by atoms with Crippen LogP contribution in [0.5, 0.6) is 0 Å². The van der Waals surface area contributed by atoms with Crippen molar-refractivity contribution in [1.82, 2.24) is 20.1 Å². The third kappa shape index (κ3) is 4.94. The second-order valence-corrected chi connectivity index (χ2v) is 8.95. The normalized spacial score (nSPS) is 15.8. The van der Waals surface area contributed by atoms with E-state index in [2.05, 4.69) is 15.5 Å². The van der Waals surface area contributed by atoms with Crippen LogP contribution in [-0.4, -0.2) is 51.5 Å². The minimum atomic E-state index is -4.67. The van der Waals surface area contributed by atoms with Gasteiger partial charge in [0.25, 0.3) is 5.91 Å². The minimum absolute atomic E-state index is 0.0398. The van der Waals surface area contributed by atoms with E-state index >= 15 is 0 Å². The number of rotatable bonds is 6. The van der Waals surface area contributed by atoms with Crippen LogP contribution in [0.4, 0.5) is 24.8 Å². The number of carbonyl (C=O) groups is 2. The van der Waals surface area contributed by atoms with Crippen LogP contribution >= 0.6 is 0 Å². The number of esters is 1. The topological polar surface area (TPSA) is 153 Å². The van der Waals surface area contributed by atoms with Crippen molar-refractivity contribution in [2.24, 2.45) is 0 Å². The molecule has 1 aliphatic heterocycles. The van der Waals surface area contributed by atoms with E-state index in [1.54, 1.807) is 6.92 Å². The maximum absolute atomic E-state index is 13.5. The zero-order chi connectivity index (χ0) is 29.4. The van der Waals surface area contributed by atoms with Crippen molar-refractivity contribution in [2.45, 2.75) is 32.1 Å². The second kappa shape index (κ2) is 10.7. The summed E-state index contributed by atoms with van der Waals surface area (Å²) in [7, 11) is 1.09. The van der Waals surface area contributed by atoms with Gasteiger partial charge >= 0.3 is 17.8 Å². The number of fused-ring (bicyclic) bond motifs is 1. The number of halogens is 3. The van der Waals surface area contributed by atoms with Crippen LogP contribution < -0.4 is 15.9 Å². The van der Waals surface area contributed by atoms with Crippen LogP contribution in [0, 0.1) is 11.3 Å². The number of aliphatic hydroxyl groups is 1. The Hall–Kier alpha value is -4.90. The largest absolute Gasteiger partial charge is 0.466 e. The zero-order valence-electron chi connectivity index (χ0n) is 21.4. The van der Waals surface area contributed by atoms with Gasteiger partial charge in [0.1, 0.15) is 6.04 Å². The summed E-state index contributed by atoms with van der Waals surface area (Å²) in [4.78, 5) is 40.8. The number of hydrogen-bond acceptors (Lipinski definition) is 8. The van der Waals surface area contributed by atoms with Gasteiger partial charge in [0.05, 0.1) is 36.5 Å². The number of anilines is 2. The number of ether oxygens (including phenoxy) is 1. The number of nitrogens with one attached hydrogen (secondary N) is 2. The quantitative estimate of drug-likeness (QED) is 0.392. The molecular formula is C26H23F3N6O5. The summed E-state index contributed by atoms with van der Waals surface area (Å²) >= 11 is 0. The van der Waals surface area contributed by atoms with Gasteiger partial charge in [0.2, 0.25) is 5.95 Å². The number of nitrogens with zero attached hydrogens (tertiary/aromatic N) is 4. The molecule has 0 saturated carbocycles. The Morgan fingerprint density at radius 3 is 2.62 bits per heavy atom. The molecule has 2 aromatic carbocycles. The molecular weight excluding hydrogens is 533 g/mol. The lowest BCUT2D eigenvalue weighted by Crippen LogP contribution is -2.40. The SMILES string of the molecule is COC(=O)C1=C(C)N(c2cccc(C(F)(F)F)c2)c2n[nH]c(=O)n2[C@@H]1c1ccc(C#N)cc1C(=O)N[C@@H](C)CO. The number of amides is 1. The maximum atomic E-state index is 13.5. The number of H-pyrrole nitrogens is 1. The number of methoxy groups -OCH3 is 1. The number of aliphatic hydroxyl groups excluding tert-OH is 1. The molecule has 0 fully saturated rings. The summed E-state index contributed by atoms with van der Waals surface area (Å²) < 4.78 is 46.6. The van der Waals surface area contributed by atoms with Crippen LogP contribution in [0.3, 0.4) is 0 Å². The first-order chi connectivity index (χ1) is 18.9. The van der Waals surface area contributed by atoms with Gasteiger partial charge in [0.15, 0.2) is 0 Å². The number of hydrogen-bond donors (Lipinski definition) is 3. The maximum Gasteiger partial charge on any atom is 0.416 e. The summed E-state index contributed by atoms with van der Waals surface area (Å²) in [6, 6.07) is 8.23. The Kier molecular flexibility index (Phi) is 7.52. The van der Waals surface area contributed by atoms with Crippen molar-refractivity contribution >= 4 is 23.5 Å². The summed E-state index contributed by atoms with van der Waals surface area (Å²) in [6.07, 6.45) is -4.67. The van der Waals surface area contributed by atoms with Gasteiger partial charge in [-0.15, -0.1) is 5.10 Å². The van der Waals surface area contributed by atoms with Crippen molar-refractivity contribution < 1.29 is 32.6 Å². The molecule has 0 radical (unpaired) electrons. The standard InChI is InChI=1S/C26H23F3N6O5/c1-13(12-36)31-22(37)19-9-15(11-30)7-8-18(19)21-20(23(38)40-3)14(2)34(24-32-33-25(39)35(21)24)17-6-4-5-16(10-17)26(27,28)29/h4-10,13,21,36H,12H2,1-3H3,(H,31,37)(H,33,39)/t13-,21+/m0/s1. The predicted octanol–water partition coefficient (Wildman–Crippen LogP) is 2.76. The smallest absolute Gasteiger partial charge is 0.416 e. The Bertz CT molecular complexity index is 1620. The average Bonchev–Trinajstić information content (AvgIpc) is 3.31. The lowest BCUT2D eigenvalue weighted by Gasteiger charge is -2.36. The van der Waals surface area contributed by atoms with Crippen LogP contribution in [0.25, 0.3) is 0 Å². The van der Waals surface area contributed by atoms with Crippen molar-refractivity contribution in [3.05, 3.63) is 86.5 Å². The zero-order valence-corrected chi connectivity index (χ0v) is 21.4. The number of alkyl halides is 3. The number of allylic oxidation sites excluding steroid dienone is 1. The first-order valence-corrected chi connectivity index (χ1v) is 11.8. The van der Waals surface area contributed by atoms with Gasteiger partial charge in [-0.3, -0.25) is 9.69 Å². The molecule has 1 aliphatic rings. The summed E-state index contributed by atoms with van der Waals surface area (Å²) in [5, 5.41) is 27.7. The van der Waals surface area contributed by atoms with Gasteiger partial charge in [-0.25, -0.2) is 19.3 Å². The van der Waals surface area contributed by atoms with E-state index < -0.39 is 41.4 Å². The molecule has 11 nitrogen and oxygen atoms in total. The molecule has 0 aliphatic carbocycles. The van der Waals surface area contributed by atoms with Crippen LogP contribution in [0.1, 0.15) is 46.9 Å². The van der Waals surface area contributed by atoms with Gasteiger partial charge in [-0.1, -0.05) is 12.1 Å². The molecule has 3 N–H and O–H groups in total. The summed E-state index contributed by atoms with van der Waals surface area (Å²) in [5.74, 6) is -1.77. The summed E-state index contributed by atoms with van der Waals surface area (Å²) in [6.45, 7) is 2.60. The highest BCUT2D eigenvalue weighted by Crippen LogP contribution is 2.43. The Labute approximate surface area is 225 Å². The third-order valence-corrected chi connectivity index (χ3v) is 6.35. The van der Waals surface area contributed by atoms with E-state index in [0.717, 1.165) is 23.8 Å². The van der Waals surface area contributed by atoms with Gasteiger partial charge in [0, 0.05) is 23.0 Å². The first kappa shape index (κ1) is 28.1. The fourth-order valence-electron chi connectivity index (χ4n) is 4.49. The minimum Gasteiger partial charge on any atom is -0.466 e. The van der Waals surface area contributed by atoms with Crippen molar-refractivity contribution in [2.75, 3.05) is 18.6 Å². The highest BCUT2D eigenvalue weighted by atomic mass is 19.4. The summed E-state index contributed by atoms with van der Waals surface area (Å²) in [5.41, 5.74) is -1.78. The average molecular weight is 557 g/mol. The van der Waals surface area contributed by atoms with Crippen LogP contribution in [0.15, 0.2) is 58.5 Å². The van der Waals surface area contributed by atoms with E-state index in [9.17, 15) is 37.9 Å². The van der Waals surface area contributed by atoms with Crippen molar-refractivity contribution in [1.29, 1.82) is 5.26 Å². The molecule has 2 atom stereocenters. The van der Waals surface area contributed by atoms with E-state index in [1.165, 1.54) is 42.2 Å². The molecule has 0 spiro atoms. The molecule has 208 valence electrons. The lowest BCUT2D eigenvalue weighted by molar-refractivity contribution is -0.138. The van der Waals surface area contributed by atoms with E-state index in [1.807, 2.05) is 6.07 Å². The van der Waals surface area contributed by atoms with Crippen molar-refractivity contribution in [3.63, 3.8) is 0 Å². The Morgan fingerprint density at radius 2 is 2.00 bits per heavy atom. The van der Waals surface area contributed by atoms with E-state index in [0.29, 0.717) is 0 Å². The fraction of sp³-hybridized carbons (Fsp3) is 0.269. The molecule has 14 heteroatoms. The highest BCUT2D eigenvalue weighted by molar-refractivity contribution is 5.99. The lowest BCUT2D eigenvalue weighted by atomic mass is 9.89. The molecule has 1 amide bonds. The number of benzene rings is 2. The molecule has 1 aromatic heterocycles. The first-order valence-electron chi connectivity index (χ1n) is 11.8. The molecule has 4 rings (SSSR count). The van der Waals surface area contributed by atoms with E-state index in [-0.39, 0.29) is 46.2 Å². The number of aromatic amines is 1. The molecule has 3 aromatic rings. The molecule has 0 unspecified atom stereocenters. The van der Waals surface area contributed by atoms with Gasteiger partial charge < -0.3 is 15.2 Å². The van der Waals surface area contributed by atoms with Crippen LogP contribution in [0.2, 0.25) is 0 Å². The number of nitriles is 1. The molecule has 0 bridgehead atoms. The third-order valence-electron chi connectivity index (χ3n) is 6.35. The Balaban J connectivity index is 2.02. The monoisotopic (exact) mass is 556 g/mol. The second-order valence-electron chi connectivity index (χ2n) is 8.95. The molecule has 2 heterocycles. The number of aromatic nitrogens is 3. The predicted molar refractivity (Wildman–Crippen MR) is 134 cm³/mol. The highest BCUT2D eigenvalue weighted by Gasteiger charge is 2.41. The van der Waals surface area contributed by atoms with E-state index in [4.69, 9.17) is 4.74 Å². The Morgan fingerprint density at radius 1 is 1.27 bits per heavy atom. The van der Waals surface area contributed by atoms with Gasteiger partial charge in [-0.05, 0) is 49.7 Å². The fourth-order valence-corrected chi connectivity index (χ4v) is 4.49. The van der Waals surface area contributed by atoms with Crippen molar-refractivity contribution in [3.8, 4) is 6.07 Å². The molecule has 40 heavy (non-hydrogen) atoms. The van der Waals surface area contributed by atoms with Gasteiger partial charge in [-0.2, -0.15) is 18.4 Å².